The van der Waals surface area contributed by atoms with Gasteiger partial charge in [0.2, 0.25) is 5.91 Å². The Hall–Kier alpha value is -2.17. The van der Waals surface area contributed by atoms with Crippen molar-refractivity contribution < 1.29 is 14.6 Å². The molecule has 1 amide bonds. The summed E-state index contributed by atoms with van der Waals surface area (Å²) in [6.07, 6.45) is 2.92. The van der Waals surface area contributed by atoms with E-state index in [0.29, 0.717) is 40.4 Å². The van der Waals surface area contributed by atoms with Gasteiger partial charge >= 0.3 is 0 Å². The molecule has 1 fully saturated rings. The van der Waals surface area contributed by atoms with Crippen LogP contribution < -0.4 is 14.9 Å². The van der Waals surface area contributed by atoms with E-state index in [1.165, 1.54) is 29.7 Å². The van der Waals surface area contributed by atoms with Crippen LogP contribution in [0.4, 0.5) is 10.8 Å². The summed E-state index contributed by atoms with van der Waals surface area (Å²) < 4.78 is 27.4. The maximum atomic E-state index is 12.8. The number of sulfonamides is 1. The van der Waals surface area contributed by atoms with E-state index in [9.17, 15) is 13.2 Å². The Labute approximate surface area is 201 Å². The largest absolute Gasteiger partial charge is 0.311 e. The van der Waals surface area contributed by atoms with E-state index >= 15 is 0 Å². The lowest BCUT2D eigenvalue weighted by atomic mass is 10.1. The van der Waals surface area contributed by atoms with Crippen LogP contribution in [0.2, 0.25) is 10.0 Å². The molecule has 2 N–H and O–H groups in total. The molecule has 2 heterocycles. The van der Waals surface area contributed by atoms with Crippen molar-refractivity contribution in [1.82, 2.24) is 10.3 Å². The Kier molecular flexibility index (Phi) is 7.02. The number of nitrogens with zero attached hydrogens (tertiary/aromatic N) is 2. The fraction of sp³-hybridized carbons (Fsp3) is 0.238. The summed E-state index contributed by atoms with van der Waals surface area (Å²) in [6.45, 7) is 1.19. The molecule has 170 valence electrons. The number of hydrogen-bond donors (Lipinski definition) is 2. The zero-order valence-electron chi connectivity index (χ0n) is 16.8. The highest BCUT2D eigenvalue weighted by atomic mass is 35.5. The first-order chi connectivity index (χ1) is 15.3. The molecule has 2 aromatic carbocycles. The van der Waals surface area contributed by atoms with Gasteiger partial charge in [0.05, 0.1) is 21.0 Å². The first kappa shape index (κ1) is 23.0. The molecule has 11 heteroatoms. The third-order valence-electron chi connectivity index (χ3n) is 5.11. The lowest BCUT2D eigenvalue weighted by Crippen LogP contribution is -2.39. The van der Waals surface area contributed by atoms with Crippen molar-refractivity contribution in [2.24, 2.45) is 0 Å². The highest BCUT2D eigenvalue weighted by Crippen LogP contribution is 2.25. The SMILES string of the molecule is O=C1[C@@H](NCCc2ccc(Cl)c(Cl)c2)CCN1c1ccc(S(=O)(=O)Nc2nccs2)cc1.[HH]. The second-order valence-electron chi connectivity index (χ2n) is 7.22. The standard InChI is InChI=1S/C21H20Cl2N4O3S2.H2/c22-17-6-1-14(13-18(17)23)7-9-24-19-8-11-27(20(19)28)15-2-4-16(5-3-15)32(29,30)26-21-25-10-12-31-21;/h1-6,10,12-13,19,24H,7-9,11H2,(H,25,26);1H/t19-;/m0./s1. The quantitative estimate of drug-likeness (QED) is 0.465. The van der Waals surface area contributed by atoms with Gasteiger partial charge in [0, 0.05) is 25.2 Å². The van der Waals surface area contributed by atoms with Crippen LogP contribution >= 0.6 is 34.5 Å². The average molecular weight is 513 g/mol. The van der Waals surface area contributed by atoms with Gasteiger partial charge in [-0.15, -0.1) is 11.3 Å². The molecule has 4 rings (SSSR count). The monoisotopic (exact) mass is 512 g/mol. The Morgan fingerprint density at radius 1 is 1.16 bits per heavy atom. The predicted octanol–water partition coefficient (Wildman–Crippen LogP) is 4.43. The molecule has 0 unspecified atom stereocenters. The fourth-order valence-electron chi connectivity index (χ4n) is 3.46. The number of thiazole rings is 1. The number of aromatic nitrogens is 1. The summed E-state index contributed by atoms with van der Waals surface area (Å²) in [5, 5.41) is 6.32. The summed E-state index contributed by atoms with van der Waals surface area (Å²) in [4.78, 5) is 18.5. The number of carbonyl (C=O) groups is 1. The number of amides is 1. The minimum atomic E-state index is -3.73. The molecule has 32 heavy (non-hydrogen) atoms. The fourth-order valence-corrected chi connectivity index (χ4v) is 5.57. The summed E-state index contributed by atoms with van der Waals surface area (Å²) in [6, 6.07) is 11.5. The van der Waals surface area contributed by atoms with Gasteiger partial charge in [-0.2, -0.15) is 0 Å². The van der Waals surface area contributed by atoms with E-state index in [-0.39, 0.29) is 18.3 Å². The van der Waals surface area contributed by atoms with Gasteiger partial charge in [-0.1, -0.05) is 29.3 Å². The van der Waals surface area contributed by atoms with Crippen LogP contribution in [0.25, 0.3) is 0 Å². The number of carbonyl (C=O) groups excluding carboxylic acids is 1. The van der Waals surface area contributed by atoms with Crippen LogP contribution in [-0.4, -0.2) is 38.4 Å². The molecule has 0 saturated carbocycles. The number of nitrogens with one attached hydrogen (secondary N) is 2. The Morgan fingerprint density at radius 3 is 2.62 bits per heavy atom. The summed E-state index contributed by atoms with van der Waals surface area (Å²) in [5.41, 5.74) is 1.70. The molecule has 0 aliphatic carbocycles. The van der Waals surface area contributed by atoms with Crippen molar-refractivity contribution in [2.45, 2.75) is 23.8 Å². The summed E-state index contributed by atoms with van der Waals surface area (Å²) in [7, 11) is -3.73. The third-order valence-corrected chi connectivity index (χ3v) is 8.02. The normalized spacial score (nSPS) is 16.5. The lowest BCUT2D eigenvalue weighted by Gasteiger charge is -2.18. The van der Waals surface area contributed by atoms with Gasteiger partial charge in [0.15, 0.2) is 5.13 Å². The van der Waals surface area contributed by atoms with Gasteiger partial charge in [-0.05, 0) is 61.3 Å². The molecule has 1 saturated heterocycles. The molecule has 7 nitrogen and oxygen atoms in total. The summed E-state index contributed by atoms with van der Waals surface area (Å²) in [5.74, 6) is -0.0318. The molecule has 0 spiro atoms. The first-order valence-corrected chi connectivity index (χ1v) is 13.0. The number of halogens is 2. The van der Waals surface area contributed by atoms with Crippen molar-refractivity contribution in [3.05, 3.63) is 69.7 Å². The molecule has 0 radical (unpaired) electrons. The minimum absolute atomic E-state index is 0. The van der Waals surface area contributed by atoms with Gasteiger partial charge in [-0.25, -0.2) is 13.4 Å². The molecule has 3 aromatic rings. The van der Waals surface area contributed by atoms with Gasteiger partial charge < -0.3 is 10.2 Å². The Morgan fingerprint density at radius 2 is 1.94 bits per heavy atom. The van der Waals surface area contributed by atoms with Gasteiger partial charge in [0.25, 0.3) is 10.0 Å². The zero-order chi connectivity index (χ0) is 22.7. The molecule has 0 bridgehead atoms. The maximum Gasteiger partial charge on any atom is 0.263 e. The number of rotatable bonds is 8. The van der Waals surface area contributed by atoms with Crippen LogP contribution in [0.5, 0.6) is 0 Å². The van der Waals surface area contributed by atoms with E-state index in [1.54, 1.807) is 28.5 Å². The van der Waals surface area contributed by atoms with Crippen LogP contribution in [0.1, 0.15) is 13.4 Å². The van der Waals surface area contributed by atoms with E-state index in [0.717, 1.165) is 12.0 Å². The van der Waals surface area contributed by atoms with Crippen molar-refractivity contribution in [3.8, 4) is 0 Å². The summed E-state index contributed by atoms with van der Waals surface area (Å²) >= 11 is 13.2. The number of benzene rings is 2. The van der Waals surface area contributed by atoms with Crippen molar-refractivity contribution in [1.29, 1.82) is 0 Å². The number of hydrogen-bond acceptors (Lipinski definition) is 6. The third kappa shape index (κ3) is 5.24. The van der Waals surface area contributed by atoms with Crippen molar-refractivity contribution in [3.63, 3.8) is 0 Å². The van der Waals surface area contributed by atoms with Crippen LogP contribution in [0.3, 0.4) is 0 Å². The molecule has 1 aliphatic heterocycles. The highest BCUT2D eigenvalue weighted by Gasteiger charge is 2.32. The Bertz CT molecular complexity index is 1210. The van der Waals surface area contributed by atoms with Crippen LogP contribution in [0.15, 0.2) is 58.9 Å². The molecule has 1 aliphatic rings. The smallest absolute Gasteiger partial charge is 0.263 e. The lowest BCUT2D eigenvalue weighted by molar-refractivity contribution is -0.118. The molecular formula is C21H22Cl2N4O3S2. The minimum Gasteiger partial charge on any atom is -0.311 e. The molecular weight excluding hydrogens is 491 g/mol. The highest BCUT2D eigenvalue weighted by molar-refractivity contribution is 7.93. The molecule has 1 aromatic heterocycles. The van der Waals surface area contributed by atoms with E-state index in [4.69, 9.17) is 23.2 Å². The molecule has 1 atom stereocenters. The zero-order valence-corrected chi connectivity index (χ0v) is 19.9. The topological polar surface area (TPSA) is 91.4 Å². The van der Waals surface area contributed by atoms with Gasteiger partial charge in [0.1, 0.15) is 0 Å². The predicted molar refractivity (Wildman–Crippen MR) is 130 cm³/mol. The second kappa shape index (κ2) is 9.76. The van der Waals surface area contributed by atoms with Crippen LogP contribution in [-0.2, 0) is 21.2 Å². The first-order valence-electron chi connectivity index (χ1n) is 9.84. The van der Waals surface area contributed by atoms with Crippen molar-refractivity contribution in [2.75, 3.05) is 22.7 Å². The maximum absolute atomic E-state index is 12.8. The van der Waals surface area contributed by atoms with Gasteiger partial charge in [-0.3, -0.25) is 9.52 Å². The second-order valence-corrected chi connectivity index (χ2v) is 10.6. The average Bonchev–Trinajstić information content (AvgIpc) is 3.40. The number of anilines is 2. The Balaban J connectivity index is 0.00000306. The van der Waals surface area contributed by atoms with Crippen LogP contribution in [0, 0.1) is 0 Å². The van der Waals surface area contributed by atoms with E-state index in [1.807, 2.05) is 12.1 Å². The van der Waals surface area contributed by atoms with E-state index in [2.05, 4.69) is 15.0 Å². The van der Waals surface area contributed by atoms with Crippen molar-refractivity contribution >= 4 is 61.3 Å². The van der Waals surface area contributed by atoms with E-state index < -0.39 is 10.0 Å².